The van der Waals surface area contributed by atoms with Crippen molar-refractivity contribution >= 4 is 28.8 Å². The van der Waals surface area contributed by atoms with Crippen LogP contribution in [0.2, 0.25) is 0 Å². The highest BCUT2D eigenvalue weighted by atomic mass is 32.2. The molecule has 6 nitrogen and oxygen atoms in total. The number of benzene rings is 1. The number of methoxy groups -OCH3 is 1. The molecular formula is C24H27F3N4O2S. The van der Waals surface area contributed by atoms with E-state index >= 15 is 4.39 Å². The van der Waals surface area contributed by atoms with E-state index in [0.29, 0.717) is 28.8 Å². The fourth-order valence-electron chi connectivity index (χ4n) is 5.04. The van der Waals surface area contributed by atoms with Gasteiger partial charge in [-0.05, 0) is 35.6 Å². The van der Waals surface area contributed by atoms with Gasteiger partial charge in [-0.1, -0.05) is 31.7 Å². The van der Waals surface area contributed by atoms with Crippen LogP contribution in [0.1, 0.15) is 36.7 Å². The van der Waals surface area contributed by atoms with Crippen LogP contribution in [-0.4, -0.2) is 46.9 Å². The molecule has 0 bridgehead atoms. The predicted molar refractivity (Wildman–Crippen MR) is 127 cm³/mol. The van der Waals surface area contributed by atoms with Crippen LogP contribution in [0.5, 0.6) is 5.88 Å². The Bertz CT molecular complexity index is 1100. The third-order valence-corrected chi connectivity index (χ3v) is 8.25. The van der Waals surface area contributed by atoms with Crippen LogP contribution in [0.25, 0.3) is 11.9 Å². The molecule has 5 atom stereocenters. The van der Waals surface area contributed by atoms with Crippen molar-refractivity contribution in [1.29, 1.82) is 0 Å². The van der Waals surface area contributed by atoms with Crippen molar-refractivity contribution in [3.63, 3.8) is 0 Å². The van der Waals surface area contributed by atoms with Crippen LogP contribution < -0.4 is 10.5 Å². The second kappa shape index (κ2) is 9.95. The van der Waals surface area contributed by atoms with Gasteiger partial charge in [0, 0.05) is 18.6 Å². The minimum atomic E-state index is -0.662. The Morgan fingerprint density at radius 3 is 2.74 bits per heavy atom. The molecule has 0 saturated heterocycles. The molecule has 0 radical (unpaired) electrons. The number of rotatable bonds is 8. The summed E-state index contributed by atoms with van der Waals surface area (Å²) in [5.41, 5.74) is 6.98. The Morgan fingerprint density at radius 1 is 1.26 bits per heavy atom. The van der Waals surface area contributed by atoms with E-state index in [1.54, 1.807) is 13.2 Å². The monoisotopic (exact) mass is 492 g/mol. The van der Waals surface area contributed by atoms with Crippen LogP contribution >= 0.6 is 11.8 Å². The van der Waals surface area contributed by atoms with Crippen molar-refractivity contribution in [3.05, 3.63) is 53.2 Å². The number of nitrogens with two attached hydrogens (primary N) is 1. The third-order valence-electron chi connectivity index (χ3n) is 6.79. The summed E-state index contributed by atoms with van der Waals surface area (Å²) < 4.78 is 52.3. The Kier molecular flexibility index (Phi) is 7.18. The summed E-state index contributed by atoms with van der Waals surface area (Å²) in [6, 6.07) is 3.91. The number of alkyl halides is 1. The molecule has 34 heavy (non-hydrogen) atoms. The summed E-state index contributed by atoms with van der Waals surface area (Å²) in [4.78, 5) is 12.5. The van der Waals surface area contributed by atoms with Gasteiger partial charge in [0.25, 0.3) is 0 Å². The van der Waals surface area contributed by atoms with Gasteiger partial charge < -0.3 is 15.2 Å². The van der Waals surface area contributed by atoms with Crippen molar-refractivity contribution < 1.29 is 22.6 Å². The number of thioether (sulfide) groups is 1. The van der Waals surface area contributed by atoms with Crippen LogP contribution in [0.4, 0.5) is 13.2 Å². The molecule has 1 aromatic heterocycles. The highest BCUT2D eigenvalue weighted by Gasteiger charge is 2.63. The molecule has 1 aliphatic carbocycles. The van der Waals surface area contributed by atoms with Crippen LogP contribution in [0, 0.1) is 23.6 Å². The zero-order valence-corrected chi connectivity index (χ0v) is 20.0. The normalized spacial score (nSPS) is 28.6. The maximum Gasteiger partial charge on any atom is 0.232 e. The molecule has 2 aromatic rings. The molecule has 4 rings (SSSR count). The van der Waals surface area contributed by atoms with Crippen molar-refractivity contribution in [3.8, 4) is 5.88 Å². The van der Waals surface area contributed by atoms with E-state index in [9.17, 15) is 8.78 Å². The van der Waals surface area contributed by atoms with Gasteiger partial charge >= 0.3 is 0 Å². The molecule has 2 N–H and O–H groups in total. The lowest BCUT2D eigenvalue weighted by atomic mass is 9.54. The van der Waals surface area contributed by atoms with Crippen LogP contribution in [-0.2, 0) is 4.74 Å². The molecule has 2 heterocycles. The van der Waals surface area contributed by atoms with E-state index in [2.05, 4.69) is 28.8 Å². The number of amidine groups is 1. The number of nitrogens with zero attached hydrogens (tertiary/aromatic N) is 3. The lowest BCUT2D eigenvalue weighted by Gasteiger charge is -2.62. The molecule has 1 aliphatic heterocycles. The second-order valence-corrected chi connectivity index (χ2v) is 10.0. The van der Waals surface area contributed by atoms with E-state index in [0.717, 1.165) is 0 Å². The minimum Gasteiger partial charge on any atom is -0.474 e. The molecule has 1 aromatic carbocycles. The number of hydrogen-bond donors (Lipinski definition) is 1. The number of hydrogen-bond acceptors (Lipinski definition) is 7. The van der Waals surface area contributed by atoms with Crippen molar-refractivity contribution in [2.45, 2.75) is 24.6 Å². The largest absolute Gasteiger partial charge is 0.474 e. The average Bonchev–Trinajstić information content (AvgIpc) is 2.83. The van der Waals surface area contributed by atoms with Gasteiger partial charge in [-0.25, -0.2) is 23.1 Å². The topological polar surface area (TPSA) is 82.6 Å². The summed E-state index contributed by atoms with van der Waals surface area (Å²) in [5, 5.41) is 0.397. The van der Waals surface area contributed by atoms with Crippen LogP contribution in [0.15, 0.2) is 35.6 Å². The molecule has 0 amide bonds. The van der Waals surface area contributed by atoms with Crippen molar-refractivity contribution in [2.24, 2.45) is 28.5 Å². The Morgan fingerprint density at radius 2 is 2.06 bits per heavy atom. The summed E-state index contributed by atoms with van der Waals surface area (Å²) in [6.07, 6.45) is 3.68. The number of halogens is 3. The summed E-state index contributed by atoms with van der Waals surface area (Å²) in [6.45, 7) is 3.96. The second-order valence-electron chi connectivity index (χ2n) is 8.63. The van der Waals surface area contributed by atoms with E-state index in [1.165, 1.54) is 42.4 Å². The lowest BCUT2D eigenvalue weighted by molar-refractivity contribution is -0.0316. The van der Waals surface area contributed by atoms with Gasteiger partial charge in [0.15, 0.2) is 11.0 Å². The summed E-state index contributed by atoms with van der Waals surface area (Å²) in [7, 11) is 1.65. The standard InChI is InChI=1S/C24H27F3N4O2S/c1-13-14(2)24(12-32-3)21(13)22(31-23(28)34-24)16-8-15(4-5-17(16)26)9-18(27)19-10-30-20(11-29-19)33-7-6-25/h4-5,8-11,13-14,21-22H,6-7,12H2,1-3H3,(H2,28,31)/b18-9-/t13-,14+,21?,22-,24+/m1/s1. The maximum absolute atomic E-state index is 15.0. The fraction of sp³-hybridized carbons (Fsp3) is 0.458. The highest BCUT2D eigenvalue weighted by molar-refractivity contribution is 8.15. The smallest absolute Gasteiger partial charge is 0.232 e. The number of aromatic nitrogens is 2. The lowest BCUT2D eigenvalue weighted by Crippen LogP contribution is -2.64. The molecular weight excluding hydrogens is 465 g/mol. The van der Waals surface area contributed by atoms with Gasteiger partial charge in [0.05, 0.1) is 29.8 Å². The zero-order valence-electron chi connectivity index (χ0n) is 19.2. The molecule has 1 unspecified atom stereocenters. The van der Waals surface area contributed by atoms with E-state index in [1.807, 2.05) is 0 Å². The fourth-order valence-corrected chi connectivity index (χ4v) is 6.65. The molecule has 2 aliphatic rings. The molecule has 10 heteroatoms. The average molecular weight is 493 g/mol. The quantitative estimate of drug-likeness (QED) is 0.569. The Balaban J connectivity index is 1.64. The van der Waals surface area contributed by atoms with Crippen molar-refractivity contribution in [1.82, 2.24) is 9.97 Å². The van der Waals surface area contributed by atoms with Gasteiger partial charge in [-0.3, -0.25) is 4.99 Å². The maximum atomic E-state index is 15.0. The van der Waals surface area contributed by atoms with E-state index < -0.39 is 24.4 Å². The third kappa shape index (κ3) is 4.40. The van der Waals surface area contributed by atoms with Gasteiger partial charge in [-0.15, -0.1) is 0 Å². The zero-order chi connectivity index (χ0) is 24.5. The molecule has 182 valence electrons. The first-order valence-electron chi connectivity index (χ1n) is 11.0. The first-order chi connectivity index (χ1) is 16.3. The first kappa shape index (κ1) is 24.5. The van der Waals surface area contributed by atoms with E-state index in [-0.39, 0.29) is 34.8 Å². The Hall–Kier alpha value is -2.59. The van der Waals surface area contributed by atoms with Crippen molar-refractivity contribution in [2.75, 3.05) is 27.0 Å². The minimum absolute atomic E-state index is 0.0182. The van der Waals surface area contributed by atoms with Gasteiger partial charge in [-0.2, -0.15) is 0 Å². The van der Waals surface area contributed by atoms with Gasteiger partial charge in [0.2, 0.25) is 5.88 Å². The first-order valence-corrected chi connectivity index (χ1v) is 11.8. The predicted octanol–water partition coefficient (Wildman–Crippen LogP) is 4.82. The molecule has 0 spiro atoms. The van der Waals surface area contributed by atoms with E-state index in [4.69, 9.17) is 15.2 Å². The highest BCUT2D eigenvalue weighted by Crippen LogP contribution is 2.64. The molecule has 1 saturated carbocycles. The number of fused-ring (bicyclic) bond motifs is 1. The van der Waals surface area contributed by atoms with Crippen LogP contribution in [0.3, 0.4) is 0 Å². The summed E-state index contributed by atoms with van der Waals surface area (Å²) in [5.74, 6) is -0.332. The SMILES string of the molecule is COC[C@@]12SC(N)=N[C@H](c3cc(/C=C(\F)c4cnc(OCCF)cn4)ccc3F)C1[C@H](C)[C@@H]2C. The van der Waals surface area contributed by atoms with Gasteiger partial charge in [0.1, 0.15) is 24.8 Å². The molecule has 1 fully saturated rings. The Labute approximate surface area is 200 Å². The summed E-state index contributed by atoms with van der Waals surface area (Å²) >= 11 is 1.50. The number of aliphatic imine (C=N–C) groups is 1. The number of ether oxygens (including phenoxy) is 2.